The topological polar surface area (TPSA) is 62.2 Å². The number of amides is 1. The summed E-state index contributed by atoms with van der Waals surface area (Å²) in [6, 6.07) is 19.6. The lowest BCUT2D eigenvalue weighted by Crippen LogP contribution is -2.31. The summed E-state index contributed by atoms with van der Waals surface area (Å²) in [4.78, 5) is 31.0. The maximum atomic E-state index is 13.4. The first-order chi connectivity index (χ1) is 15.8. The smallest absolute Gasteiger partial charge is 0.254 e. The maximum absolute atomic E-state index is 13.4. The summed E-state index contributed by atoms with van der Waals surface area (Å²) in [5, 5.41) is 0. The summed E-state index contributed by atoms with van der Waals surface area (Å²) in [5.74, 6) is 1.24. The number of hydrogen-bond acceptors (Lipinski definition) is 5. The number of aromatic nitrogens is 3. The number of fused-ring (bicyclic) bond motifs is 2. The number of likely N-dealkylation sites (tertiary alicyclic amines) is 1. The van der Waals surface area contributed by atoms with E-state index in [4.69, 9.17) is 4.98 Å². The number of benzene rings is 2. The molecule has 1 saturated heterocycles. The van der Waals surface area contributed by atoms with Crippen molar-refractivity contribution in [2.75, 3.05) is 24.5 Å². The fourth-order valence-corrected chi connectivity index (χ4v) is 4.62. The van der Waals surface area contributed by atoms with Crippen LogP contribution in [-0.2, 0) is 0 Å². The second-order valence-electron chi connectivity index (χ2n) is 8.24. The molecule has 4 aromatic rings. The average Bonchev–Trinajstić information content (AvgIpc) is 3.44. The predicted molar refractivity (Wildman–Crippen MR) is 124 cm³/mol. The highest BCUT2D eigenvalue weighted by molar-refractivity contribution is 6.01. The van der Waals surface area contributed by atoms with E-state index in [1.807, 2.05) is 71.8 Å². The van der Waals surface area contributed by atoms with Gasteiger partial charge in [0.25, 0.3) is 5.91 Å². The molecule has 4 heterocycles. The summed E-state index contributed by atoms with van der Waals surface area (Å²) in [6.07, 6.45) is 7.51. The van der Waals surface area contributed by atoms with Gasteiger partial charge in [-0.15, -0.1) is 0 Å². The molecule has 1 atom stereocenters. The minimum absolute atomic E-state index is 0.0665. The van der Waals surface area contributed by atoms with Crippen LogP contribution in [0, 0.1) is 5.92 Å². The number of nitrogens with zero attached hydrogens (tertiary/aromatic N) is 5. The molecule has 156 valence electrons. The summed E-state index contributed by atoms with van der Waals surface area (Å²) in [7, 11) is 0. The zero-order valence-corrected chi connectivity index (χ0v) is 17.4. The van der Waals surface area contributed by atoms with Gasteiger partial charge in [0.15, 0.2) is 5.82 Å². The van der Waals surface area contributed by atoms with Gasteiger partial charge in [0.05, 0.1) is 17.2 Å². The van der Waals surface area contributed by atoms with Gasteiger partial charge >= 0.3 is 0 Å². The molecule has 1 amide bonds. The summed E-state index contributed by atoms with van der Waals surface area (Å²) < 4.78 is 0. The third-order valence-corrected chi connectivity index (χ3v) is 6.22. The molecule has 0 bridgehead atoms. The highest BCUT2D eigenvalue weighted by atomic mass is 16.2. The summed E-state index contributed by atoms with van der Waals surface area (Å²) >= 11 is 0. The van der Waals surface area contributed by atoms with Crippen molar-refractivity contribution in [1.29, 1.82) is 0 Å². The summed E-state index contributed by atoms with van der Waals surface area (Å²) in [6.45, 7) is 2.17. The zero-order chi connectivity index (χ0) is 21.5. The molecule has 2 aromatic heterocycles. The van der Waals surface area contributed by atoms with E-state index in [2.05, 4.69) is 21.1 Å². The normalized spacial score (nSPS) is 17.5. The number of pyridine rings is 1. The predicted octanol–water partition coefficient (Wildman–Crippen LogP) is 4.17. The Hall–Kier alpha value is -4.06. The van der Waals surface area contributed by atoms with Crippen LogP contribution >= 0.6 is 0 Å². The fourth-order valence-electron chi connectivity index (χ4n) is 4.62. The van der Waals surface area contributed by atoms with Crippen LogP contribution in [-0.4, -0.2) is 45.4 Å². The van der Waals surface area contributed by atoms with E-state index < -0.39 is 0 Å². The maximum Gasteiger partial charge on any atom is 0.254 e. The Morgan fingerprint density at radius 1 is 0.906 bits per heavy atom. The largest absolute Gasteiger partial charge is 0.334 e. The van der Waals surface area contributed by atoms with Gasteiger partial charge in [-0.05, 0) is 35.4 Å². The average molecular weight is 419 g/mol. The lowest BCUT2D eigenvalue weighted by Gasteiger charge is -2.21. The van der Waals surface area contributed by atoms with Crippen LogP contribution in [0.2, 0.25) is 0 Å². The van der Waals surface area contributed by atoms with Gasteiger partial charge in [0.1, 0.15) is 0 Å². The second kappa shape index (κ2) is 7.57. The van der Waals surface area contributed by atoms with Crippen molar-refractivity contribution in [2.45, 2.75) is 0 Å². The van der Waals surface area contributed by atoms with Crippen LogP contribution in [0.15, 0.2) is 91.0 Å². The molecular formula is C26H21N5O. The van der Waals surface area contributed by atoms with E-state index in [-0.39, 0.29) is 5.91 Å². The van der Waals surface area contributed by atoms with Crippen molar-refractivity contribution in [3.8, 4) is 11.1 Å². The molecule has 2 aliphatic heterocycles. The van der Waals surface area contributed by atoms with E-state index in [1.165, 1.54) is 5.57 Å². The molecule has 0 spiro atoms. The molecule has 1 fully saturated rings. The van der Waals surface area contributed by atoms with Crippen molar-refractivity contribution >= 4 is 22.8 Å². The molecule has 0 N–H and O–H groups in total. The Labute approximate surface area is 185 Å². The zero-order valence-electron chi connectivity index (χ0n) is 17.4. The number of hydrogen-bond donors (Lipinski definition) is 0. The standard InChI is InChI=1S/C26H21N5O/c32-26(22-8-2-1-7-21(22)18-6-5-11-27-12-18)31-16-19-14-30(15-20(19)17-31)25-13-28-23-9-3-4-10-24(23)29-25/h1-14,20H,15-17H2. The Kier molecular flexibility index (Phi) is 4.42. The van der Waals surface area contributed by atoms with Gasteiger partial charge in [0, 0.05) is 55.3 Å². The van der Waals surface area contributed by atoms with Crippen molar-refractivity contribution < 1.29 is 4.79 Å². The van der Waals surface area contributed by atoms with Crippen LogP contribution in [0.3, 0.4) is 0 Å². The first kappa shape index (κ1) is 18.7. The van der Waals surface area contributed by atoms with Gasteiger partial charge in [-0.1, -0.05) is 36.4 Å². The molecule has 6 rings (SSSR count). The SMILES string of the molecule is O=C(c1ccccc1-c1cccnc1)N1CC2=CN(c3cnc4ccccc4n3)CC2C1. The van der Waals surface area contributed by atoms with Crippen molar-refractivity contribution in [1.82, 2.24) is 19.9 Å². The molecule has 1 unspecified atom stereocenters. The number of anilines is 1. The molecule has 0 radical (unpaired) electrons. The van der Waals surface area contributed by atoms with E-state index in [9.17, 15) is 4.79 Å². The van der Waals surface area contributed by atoms with Gasteiger partial charge in [0.2, 0.25) is 0 Å². The van der Waals surface area contributed by atoms with Gasteiger partial charge in [-0.25, -0.2) is 4.98 Å². The Morgan fingerprint density at radius 3 is 2.59 bits per heavy atom. The molecule has 0 aliphatic carbocycles. The first-order valence-corrected chi connectivity index (χ1v) is 10.7. The monoisotopic (exact) mass is 419 g/mol. The van der Waals surface area contributed by atoms with Gasteiger partial charge < -0.3 is 9.80 Å². The molecule has 2 aromatic carbocycles. The molecule has 0 saturated carbocycles. The molecule has 6 heteroatoms. The Balaban J connectivity index is 1.24. The van der Waals surface area contributed by atoms with Crippen LogP contribution in [0.25, 0.3) is 22.2 Å². The minimum Gasteiger partial charge on any atom is -0.334 e. The third-order valence-electron chi connectivity index (χ3n) is 6.22. The van der Waals surface area contributed by atoms with E-state index >= 15 is 0 Å². The Morgan fingerprint density at radius 2 is 1.75 bits per heavy atom. The van der Waals surface area contributed by atoms with Gasteiger partial charge in [-0.3, -0.25) is 14.8 Å². The van der Waals surface area contributed by atoms with Crippen molar-refractivity contribution in [2.24, 2.45) is 5.92 Å². The van der Waals surface area contributed by atoms with Crippen LogP contribution < -0.4 is 4.90 Å². The van der Waals surface area contributed by atoms with Crippen molar-refractivity contribution in [3.05, 3.63) is 96.6 Å². The third kappa shape index (κ3) is 3.21. The number of carbonyl (C=O) groups is 1. The van der Waals surface area contributed by atoms with E-state index in [0.29, 0.717) is 19.0 Å². The number of carbonyl (C=O) groups excluding carboxylic acids is 1. The number of para-hydroxylation sites is 2. The van der Waals surface area contributed by atoms with E-state index in [1.54, 1.807) is 12.4 Å². The van der Waals surface area contributed by atoms with E-state index in [0.717, 1.165) is 40.1 Å². The summed E-state index contributed by atoms with van der Waals surface area (Å²) in [5.41, 5.74) is 5.66. The van der Waals surface area contributed by atoms with Crippen LogP contribution in [0.4, 0.5) is 5.82 Å². The number of rotatable bonds is 3. The van der Waals surface area contributed by atoms with Gasteiger partial charge in [-0.2, -0.15) is 0 Å². The lowest BCUT2D eigenvalue weighted by atomic mass is 10.0. The highest BCUT2D eigenvalue weighted by Crippen LogP contribution is 2.34. The molecule has 32 heavy (non-hydrogen) atoms. The second-order valence-corrected chi connectivity index (χ2v) is 8.24. The Bertz CT molecular complexity index is 1350. The van der Waals surface area contributed by atoms with Crippen molar-refractivity contribution in [3.63, 3.8) is 0 Å². The lowest BCUT2D eigenvalue weighted by molar-refractivity contribution is 0.0790. The van der Waals surface area contributed by atoms with Crippen LogP contribution in [0.5, 0.6) is 0 Å². The quantitative estimate of drug-likeness (QED) is 0.499. The molecule has 6 nitrogen and oxygen atoms in total. The molecular weight excluding hydrogens is 398 g/mol. The molecule has 2 aliphatic rings. The fraction of sp³-hybridized carbons (Fsp3) is 0.154. The van der Waals surface area contributed by atoms with Crippen LogP contribution in [0.1, 0.15) is 10.4 Å². The first-order valence-electron chi connectivity index (χ1n) is 10.7. The minimum atomic E-state index is 0.0665. The highest BCUT2D eigenvalue weighted by Gasteiger charge is 2.37.